The van der Waals surface area contributed by atoms with Crippen molar-refractivity contribution in [1.29, 1.82) is 0 Å². The van der Waals surface area contributed by atoms with E-state index in [1.54, 1.807) is 19.2 Å². The van der Waals surface area contributed by atoms with Gasteiger partial charge in [-0.15, -0.1) is 0 Å². The lowest BCUT2D eigenvalue weighted by molar-refractivity contribution is -0.384. The highest BCUT2D eigenvalue weighted by Gasteiger charge is 2.13. The number of benzene rings is 1. The van der Waals surface area contributed by atoms with Crippen LogP contribution >= 0.6 is 0 Å². The van der Waals surface area contributed by atoms with Gasteiger partial charge in [-0.3, -0.25) is 10.1 Å². The number of hydrogen-bond donors (Lipinski definition) is 1. The van der Waals surface area contributed by atoms with Crippen molar-refractivity contribution in [1.82, 2.24) is 0 Å². The SMILES string of the molecule is COCCCOCCOCc1cccc([N+](=O)[O-])c1N. The Morgan fingerprint density at radius 3 is 2.65 bits per heavy atom. The van der Waals surface area contributed by atoms with Gasteiger partial charge in [0.05, 0.1) is 24.7 Å². The molecule has 0 spiro atoms. The third kappa shape index (κ3) is 5.52. The summed E-state index contributed by atoms with van der Waals surface area (Å²) in [5.41, 5.74) is 6.38. The zero-order chi connectivity index (χ0) is 14.8. The van der Waals surface area contributed by atoms with Crippen LogP contribution < -0.4 is 5.73 Å². The Labute approximate surface area is 117 Å². The smallest absolute Gasteiger partial charge is 0.292 e. The van der Waals surface area contributed by atoms with Crippen LogP contribution in [-0.2, 0) is 20.8 Å². The van der Waals surface area contributed by atoms with E-state index < -0.39 is 4.92 Å². The van der Waals surface area contributed by atoms with Gasteiger partial charge in [0.2, 0.25) is 0 Å². The van der Waals surface area contributed by atoms with Gasteiger partial charge in [-0.05, 0) is 6.42 Å². The minimum atomic E-state index is -0.502. The maximum Gasteiger partial charge on any atom is 0.292 e. The summed E-state index contributed by atoms with van der Waals surface area (Å²) in [7, 11) is 1.65. The van der Waals surface area contributed by atoms with Crippen LogP contribution in [-0.4, -0.2) is 38.5 Å². The maximum atomic E-state index is 10.7. The van der Waals surface area contributed by atoms with Crippen LogP contribution in [0.1, 0.15) is 12.0 Å². The molecule has 1 aromatic rings. The van der Waals surface area contributed by atoms with E-state index in [2.05, 4.69) is 0 Å². The third-order valence-electron chi connectivity index (χ3n) is 2.64. The second kappa shape index (κ2) is 9.24. The van der Waals surface area contributed by atoms with Crippen molar-refractivity contribution in [2.45, 2.75) is 13.0 Å². The van der Waals surface area contributed by atoms with Crippen molar-refractivity contribution in [2.24, 2.45) is 0 Å². The molecule has 0 heterocycles. The average molecular weight is 284 g/mol. The van der Waals surface area contributed by atoms with Gasteiger partial charge in [-0.1, -0.05) is 12.1 Å². The molecule has 0 saturated carbocycles. The van der Waals surface area contributed by atoms with Crippen LogP contribution in [0.3, 0.4) is 0 Å². The highest BCUT2D eigenvalue weighted by Crippen LogP contribution is 2.25. The second-order valence-electron chi connectivity index (χ2n) is 4.12. The number of ether oxygens (including phenoxy) is 3. The molecule has 0 aliphatic rings. The average Bonchev–Trinajstić information content (AvgIpc) is 2.43. The van der Waals surface area contributed by atoms with Gasteiger partial charge in [-0.2, -0.15) is 0 Å². The molecular formula is C13H20N2O5. The minimum absolute atomic E-state index is 0.0954. The number of nitrogens with zero attached hydrogens (tertiary/aromatic N) is 1. The molecule has 0 amide bonds. The fourth-order valence-corrected chi connectivity index (χ4v) is 1.59. The summed E-state index contributed by atoms with van der Waals surface area (Å²) in [6.07, 6.45) is 0.842. The fourth-order valence-electron chi connectivity index (χ4n) is 1.59. The number of hydrogen-bond acceptors (Lipinski definition) is 6. The molecule has 112 valence electrons. The van der Waals surface area contributed by atoms with Crippen molar-refractivity contribution < 1.29 is 19.1 Å². The van der Waals surface area contributed by atoms with E-state index in [0.29, 0.717) is 32.0 Å². The van der Waals surface area contributed by atoms with Gasteiger partial charge in [0.15, 0.2) is 0 Å². The van der Waals surface area contributed by atoms with Crippen molar-refractivity contribution >= 4 is 11.4 Å². The summed E-state index contributed by atoms with van der Waals surface area (Å²) in [6, 6.07) is 4.67. The normalized spacial score (nSPS) is 10.7. The number of anilines is 1. The zero-order valence-electron chi connectivity index (χ0n) is 11.5. The number of nitro benzene ring substituents is 1. The first-order valence-electron chi connectivity index (χ1n) is 6.33. The molecule has 0 radical (unpaired) electrons. The van der Waals surface area contributed by atoms with Crippen LogP contribution in [0.15, 0.2) is 18.2 Å². The Balaban J connectivity index is 2.25. The summed E-state index contributed by atoms with van der Waals surface area (Å²) in [5.74, 6) is 0. The summed E-state index contributed by atoms with van der Waals surface area (Å²) in [4.78, 5) is 10.2. The van der Waals surface area contributed by atoms with Crippen molar-refractivity contribution in [2.75, 3.05) is 39.3 Å². The van der Waals surface area contributed by atoms with Crippen LogP contribution in [0.4, 0.5) is 11.4 Å². The van der Waals surface area contributed by atoms with Crippen LogP contribution in [0.2, 0.25) is 0 Å². The lowest BCUT2D eigenvalue weighted by Crippen LogP contribution is -2.08. The van der Waals surface area contributed by atoms with E-state index in [0.717, 1.165) is 6.42 Å². The van der Waals surface area contributed by atoms with E-state index in [1.807, 2.05) is 0 Å². The Hall–Kier alpha value is -1.70. The number of nitro groups is 1. The monoisotopic (exact) mass is 284 g/mol. The molecule has 0 aromatic heterocycles. The van der Waals surface area contributed by atoms with E-state index in [-0.39, 0.29) is 18.0 Å². The first-order valence-corrected chi connectivity index (χ1v) is 6.33. The van der Waals surface area contributed by atoms with Gasteiger partial charge in [0, 0.05) is 32.0 Å². The number of nitrogen functional groups attached to an aromatic ring is 1. The number of methoxy groups -OCH3 is 1. The number of rotatable bonds is 10. The van der Waals surface area contributed by atoms with E-state index in [9.17, 15) is 10.1 Å². The summed E-state index contributed by atoms with van der Waals surface area (Å²) >= 11 is 0. The lowest BCUT2D eigenvalue weighted by Gasteiger charge is -2.08. The van der Waals surface area contributed by atoms with Gasteiger partial charge in [0.1, 0.15) is 5.69 Å². The molecule has 0 aliphatic heterocycles. The molecule has 0 aliphatic carbocycles. The van der Waals surface area contributed by atoms with Gasteiger partial charge >= 0.3 is 0 Å². The quantitative estimate of drug-likeness (QED) is 0.304. The predicted octanol–water partition coefficient (Wildman–Crippen LogP) is 1.75. The summed E-state index contributed by atoms with van der Waals surface area (Å²) in [5, 5.41) is 10.7. The van der Waals surface area contributed by atoms with Crippen LogP contribution in [0.5, 0.6) is 0 Å². The number of para-hydroxylation sites is 1. The molecule has 0 fully saturated rings. The molecular weight excluding hydrogens is 264 g/mol. The van der Waals surface area contributed by atoms with E-state index >= 15 is 0 Å². The molecule has 0 saturated heterocycles. The van der Waals surface area contributed by atoms with Crippen molar-refractivity contribution in [3.8, 4) is 0 Å². The Morgan fingerprint density at radius 1 is 1.20 bits per heavy atom. The molecule has 20 heavy (non-hydrogen) atoms. The minimum Gasteiger partial charge on any atom is -0.393 e. The van der Waals surface area contributed by atoms with Crippen LogP contribution in [0, 0.1) is 10.1 Å². The highest BCUT2D eigenvalue weighted by atomic mass is 16.6. The maximum absolute atomic E-state index is 10.7. The fraction of sp³-hybridized carbons (Fsp3) is 0.538. The first-order chi connectivity index (χ1) is 9.66. The zero-order valence-corrected chi connectivity index (χ0v) is 11.5. The van der Waals surface area contributed by atoms with Gasteiger partial charge in [0.25, 0.3) is 5.69 Å². The molecule has 1 rings (SSSR count). The molecule has 0 atom stereocenters. The molecule has 7 nitrogen and oxygen atoms in total. The largest absolute Gasteiger partial charge is 0.393 e. The topological polar surface area (TPSA) is 96.8 Å². The third-order valence-corrected chi connectivity index (χ3v) is 2.64. The Morgan fingerprint density at radius 2 is 1.95 bits per heavy atom. The van der Waals surface area contributed by atoms with E-state index in [1.165, 1.54) is 6.07 Å². The molecule has 0 unspecified atom stereocenters. The molecule has 1 aromatic carbocycles. The van der Waals surface area contributed by atoms with E-state index in [4.69, 9.17) is 19.9 Å². The van der Waals surface area contributed by atoms with Gasteiger partial charge in [-0.25, -0.2) is 0 Å². The first kappa shape index (κ1) is 16.4. The summed E-state index contributed by atoms with van der Waals surface area (Å²) < 4.78 is 15.6. The highest BCUT2D eigenvalue weighted by molar-refractivity contribution is 5.62. The molecule has 0 bridgehead atoms. The molecule has 2 N–H and O–H groups in total. The van der Waals surface area contributed by atoms with Crippen molar-refractivity contribution in [3.63, 3.8) is 0 Å². The lowest BCUT2D eigenvalue weighted by atomic mass is 10.1. The Bertz CT molecular complexity index is 425. The van der Waals surface area contributed by atoms with Crippen molar-refractivity contribution in [3.05, 3.63) is 33.9 Å². The number of nitrogens with two attached hydrogens (primary N) is 1. The summed E-state index contributed by atoms with van der Waals surface area (Å²) in [6.45, 7) is 2.41. The second-order valence-corrected chi connectivity index (χ2v) is 4.12. The Kier molecular flexibility index (Phi) is 7.56. The predicted molar refractivity (Wildman–Crippen MR) is 74.5 cm³/mol. The van der Waals surface area contributed by atoms with Gasteiger partial charge < -0.3 is 19.9 Å². The molecule has 7 heteroatoms. The standard InChI is InChI=1S/C13H20N2O5/c1-18-6-3-7-19-8-9-20-10-11-4-2-5-12(13(11)14)15(16)17/h2,4-5H,3,6-10,14H2,1H3. The van der Waals surface area contributed by atoms with Crippen LogP contribution in [0.25, 0.3) is 0 Å².